The molecule has 2 rings (SSSR count). The monoisotopic (exact) mass is 229 g/mol. The van der Waals surface area contributed by atoms with Crippen LogP contribution in [0, 0.1) is 0 Å². The third-order valence-corrected chi connectivity index (χ3v) is 2.76. The second-order valence-electron chi connectivity index (χ2n) is 5.16. The molecule has 17 heavy (non-hydrogen) atoms. The summed E-state index contributed by atoms with van der Waals surface area (Å²) in [5.74, 6) is 0.188. The van der Waals surface area contributed by atoms with Crippen molar-refractivity contribution in [3.8, 4) is 5.75 Å². The first kappa shape index (κ1) is 11.6. The van der Waals surface area contributed by atoms with Crippen molar-refractivity contribution in [2.24, 2.45) is 0 Å². The van der Waals surface area contributed by atoms with Gasteiger partial charge in [0.05, 0.1) is 5.52 Å². The molecular formula is C14H15NO2. The van der Waals surface area contributed by atoms with E-state index in [4.69, 9.17) is 0 Å². The number of rotatable bonds is 1. The van der Waals surface area contributed by atoms with E-state index < -0.39 is 0 Å². The highest BCUT2D eigenvalue weighted by molar-refractivity contribution is 5.92. The van der Waals surface area contributed by atoms with Crippen molar-refractivity contribution in [2.45, 2.75) is 26.2 Å². The number of benzene rings is 1. The molecule has 2 aromatic rings. The lowest BCUT2D eigenvalue weighted by molar-refractivity contribution is 0.112. The molecule has 0 saturated heterocycles. The Bertz CT molecular complexity index is 583. The summed E-state index contributed by atoms with van der Waals surface area (Å²) in [5, 5.41) is 10.4. The fraction of sp³-hybridized carbons (Fsp3) is 0.286. The van der Waals surface area contributed by atoms with Gasteiger partial charge in [0.15, 0.2) is 6.29 Å². The third-order valence-electron chi connectivity index (χ3n) is 2.76. The lowest BCUT2D eigenvalue weighted by Gasteiger charge is -2.23. The zero-order valence-electron chi connectivity index (χ0n) is 10.2. The number of fused-ring (bicyclic) bond motifs is 1. The zero-order chi connectivity index (χ0) is 12.6. The Balaban J connectivity index is 2.92. The standard InChI is InChI=1S/C14H15NO2/c1-14(2,3)13-9(8-16)7-15-12-5-4-10(17)6-11(12)13/h4-8,17H,1-3H3. The molecule has 1 N–H and O–H groups in total. The summed E-state index contributed by atoms with van der Waals surface area (Å²) >= 11 is 0. The Morgan fingerprint density at radius 3 is 2.59 bits per heavy atom. The topological polar surface area (TPSA) is 50.2 Å². The van der Waals surface area contributed by atoms with Gasteiger partial charge in [-0.05, 0) is 29.2 Å². The van der Waals surface area contributed by atoms with Crippen LogP contribution in [0.1, 0.15) is 36.7 Å². The molecule has 1 aromatic heterocycles. The van der Waals surface area contributed by atoms with Gasteiger partial charge in [-0.2, -0.15) is 0 Å². The highest BCUT2D eigenvalue weighted by Crippen LogP contribution is 2.33. The molecular weight excluding hydrogens is 214 g/mol. The molecule has 0 radical (unpaired) electrons. The fourth-order valence-corrected chi connectivity index (χ4v) is 2.12. The van der Waals surface area contributed by atoms with E-state index in [-0.39, 0.29) is 11.2 Å². The maximum Gasteiger partial charge on any atom is 0.151 e. The van der Waals surface area contributed by atoms with Crippen molar-refractivity contribution < 1.29 is 9.90 Å². The van der Waals surface area contributed by atoms with Crippen molar-refractivity contribution in [1.82, 2.24) is 4.98 Å². The van der Waals surface area contributed by atoms with E-state index in [9.17, 15) is 9.90 Å². The number of phenolic OH excluding ortho intramolecular Hbond substituents is 1. The van der Waals surface area contributed by atoms with E-state index >= 15 is 0 Å². The van der Waals surface area contributed by atoms with E-state index in [2.05, 4.69) is 4.98 Å². The molecule has 0 unspecified atom stereocenters. The number of pyridine rings is 1. The Labute approximate surface area is 100 Å². The molecule has 3 nitrogen and oxygen atoms in total. The molecule has 0 saturated carbocycles. The highest BCUT2D eigenvalue weighted by Gasteiger charge is 2.21. The smallest absolute Gasteiger partial charge is 0.151 e. The van der Waals surface area contributed by atoms with Gasteiger partial charge >= 0.3 is 0 Å². The number of aromatic hydroxyl groups is 1. The summed E-state index contributed by atoms with van der Waals surface area (Å²) in [4.78, 5) is 15.3. The van der Waals surface area contributed by atoms with E-state index in [0.717, 1.165) is 22.8 Å². The summed E-state index contributed by atoms with van der Waals surface area (Å²) in [6.07, 6.45) is 2.41. The first-order chi connectivity index (χ1) is 7.93. The van der Waals surface area contributed by atoms with Gasteiger partial charge in [-0.1, -0.05) is 20.8 Å². The molecule has 0 aliphatic carbocycles. The number of hydrogen-bond acceptors (Lipinski definition) is 3. The fourth-order valence-electron chi connectivity index (χ4n) is 2.12. The second kappa shape index (κ2) is 3.84. The van der Waals surface area contributed by atoms with E-state index in [1.165, 1.54) is 0 Å². The van der Waals surface area contributed by atoms with Crippen LogP contribution < -0.4 is 0 Å². The number of hydrogen-bond donors (Lipinski definition) is 1. The van der Waals surface area contributed by atoms with Crippen molar-refractivity contribution in [3.05, 3.63) is 35.5 Å². The van der Waals surface area contributed by atoms with Gasteiger partial charge in [-0.15, -0.1) is 0 Å². The molecule has 0 atom stereocenters. The molecule has 0 bridgehead atoms. The average molecular weight is 229 g/mol. The Morgan fingerprint density at radius 1 is 1.29 bits per heavy atom. The van der Waals surface area contributed by atoms with Crippen molar-refractivity contribution in [2.75, 3.05) is 0 Å². The first-order valence-corrected chi connectivity index (χ1v) is 5.51. The van der Waals surface area contributed by atoms with Crippen molar-refractivity contribution >= 4 is 17.2 Å². The summed E-state index contributed by atoms with van der Waals surface area (Å²) in [6, 6.07) is 5.02. The van der Waals surface area contributed by atoms with E-state index in [0.29, 0.717) is 5.56 Å². The van der Waals surface area contributed by atoms with Gasteiger partial charge in [0.1, 0.15) is 5.75 Å². The maximum atomic E-state index is 11.1. The minimum atomic E-state index is -0.175. The van der Waals surface area contributed by atoms with Crippen LogP contribution >= 0.6 is 0 Å². The summed E-state index contributed by atoms with van der Waals surface area (Å²) < 4.78 is 0. The van der Waals surface area contributed by atoms with Gasteiger partial charge < -0.3 is 5.11 Å². The van der Waals surface area contributed by atoms with Crippen molar-refractivity contribution in [1.29, 1.82) is 0 Å². The Kier molecular flexibility index (Phi) is 2.62. The largest absolute Gasteiger partial charge is 0.508 e. The predicted molar refractivity (Wildman–Crippen MR) is 67.5 cm³/mol. The van der Waals surface area contributed by atoms with Crippen LogP contribution in [0.15, 0.2) is 24.4 Å². The van der Waals surface area contributed by atoms with Crippen LogP contribution in [0.2, 0.25) is 0 Å². The number of aromatic nitrogens is 1. The summed E-state index contributed by atoms with van der Waals surface area (Å²) in [6.45, 7) is 6.12. The molecule has 0 aliphatic heterocycles. The second-order valence-corrected chi connectivity index (χ2v) is 5.16. The SMILES string of the molecule is CC(C)(C)c1c(C=O)cnc2ccc(O)cc12. The third kappa shape index (κ3) is 2.00. The number of aldehydes is 1. The number of carbonyl (C=O) groups is 1. The van der Waals surface area contributed by atoms with E-state index in [1.807, 2.05) is 20.8 Å². The lowest BCUT2D eigenvalue weighted by Crippen LogP contribution is -2.15. The molecule has 0 fully saturated rings. The van der Waals surface area contributed by atoms with Crippen LogP contribution in [-0.4, -0.2) is 16.4 Å². The average Bonchev–Trinajstić information content (AvgIpc) is 2.25. The van der Waals surface area contributed by atoms with Gasteiger partial charge in [-0.25, -0.2) is 0 Å². The van der Waals surface area contributed by atoms with Crippen LogP contribution in [0.5, 0.6) is 5.75 Å². The lowest BCUT2D eigenvalue weighted by atomic mass is 9.82. The van der Waals surface area contributed by atoms with Crippen LogP contribution in [0.3, 0.4) is 0 Å². The predicted octanol–water partition coefficient (Wildman–Crippen LogP) is 3.05. The summed E-state index contributed by atoms with van der Waals surface area (Å²) in [7, 11) is 0. The quantitative estimate of drug-likeness (QED) is 0.764. The zero-order valence-corrected chi connectivity index (χ0v) is 10.2. The first-order valence-electron chi connectivity index (χ1n) is 5.51. The molecule has 0 amide bonds. The molecule has 0 spiro atoms. The maximum absolute atomic E-state index is 11.1. The van der Waals surface area contributed by atoms with Crippen LogP contribution in [-0.2, 0) is 5.41 Å². The number of carbonyl (C=O) groups excluding carboxylic acids is 1. The van der Waals surface area contributed by atoms with Crippen molar-refractivity contribution in [3.63, 3.8) is 0 Å². The molecule has 1 aromatic carbocycles. The Hall–Kier alpha value is -1.90. The molecule has 0 aliphatic rings. The number of nitrogens with zero attached hydrogens (tertiary/aromatic N) is 1. The molecule has 3 heteroatoms. The van der Waals surface area contributed by atoms with Crippen LogP contribution in [0.4, 0.5) is 0 Å². The van der Waals surface area contributed by atoms with Gasteiger partial charge in [-0.3, -0.25) is 9.78 Å². The normalized spacial score (nSPS) is 11.7. The van der Waals surface area contributed by atoms with Gasteiger partial charge in [0.2, 0.25) is 0 Å². The molecule has 1 heterocycles. The molecule has 88 valence electrons. The minimum Gasteiger partial charge on any atom is -0.508 e. The Morgan fingerprint density at radius 2 is 2.00 bits per heavy atom. The number of phenols is 1. The highest BCUT2D eigenvalue weighted by atomic mass is 16.3. The van der Waals surface area contributed by atoms with Gasteiger partial charge in [0, 0.05) is 17.1 Å². The van der Waals surface area contributed by atoms with Crippen LogP contribution in [0.25, 0.3) is 10.9 Å². The minimum absolute atomic E-state index is 0.175. The summed E-state index contributed by atoms with van der Waals surface area (Å²) in [5.41, 5.74) is 2.12. The van der Waals surface area contributed by atoms with E-state index in [1.54, 1.807) is 24.4 Å². The van der Waals surface area contributed by atoms with Gasteiger partial charge in [0.25, 0.3) is 0 Å².